The fourth-order valence-corrected chi connectivity index (χ4v) is 1.72. The highest BCUT2D eigenvalue weighted by atomic mass is 16.6. The van der Waals surface area contributed by atoms with Crippen LogP contribution in [0.2, 0.25) is 0 Å². The zero-order valence-electron chi connectivity index (χ0n) is 8.40. The summed E-state index contributed by atoms with van der Waals surface area (Å²) in [4.78, 5) is 22.4. The topological polar surface area (TPSA) is 83.8 Å². The van der Waals surface area contributed by atoms with E-state index in [0.29, 0.717) is 16.7 Å². The number of fused-ring (bicyclic) bond motifs is 1. The molecular weight excluding hydrogens is 212 g/mol. The minimum atomic E-state index is -0.703. The van der Waals surface area contributed by atoms with Gasteiger partial charge < -0.3 is 14.9 Å². The lowest BCUT2D eigenvalue weighted by Gasteiger charge is -2.16. The molecule has 0 aromatic heterocycles. The van der Waals surface area contributed by atoms with Crippen molar-refractivity contribution in [3.05, 3.63) is 34.4 Å². The monoisotopic (exact) mass is 222 g/mol. The first-order valence-corrected chi connectivity index (χ1v) is 4.77. The number of carbonyl (C=O) groups is 2. The molecule has 0 saturated heterocycles. The van der Waals surface area contributed by atoms with Crippen LogP contribution in [-0.4, -0.2) is 22.2 Å². The molecule has 16 heavy (non-hydrogen) atoms. The normalized spacial score (nSPS) is 14.6. The second-order valence-electron chi connectivity index (χ2n) is 3.53. The number of benzene rings is 1. The molecule has 0 radical (unpaired) electrons. The lowest BCUT2D eigenvalue weighted by atomic mass is 9.95. The second-order valence-corrected chi connectivity index (χ2v) is 3.53. The van der Waals surface area contributed by atoms with Gasteiger partial charge >= 0.3 is 11.9 Å². The molecule has 0 spiro atoms. The van der Waals surface area contributed by atoms with Crippen LogP contribution in [-0.2, 0) is 29.2 Å². The lowest BCUT2D eigenvalue weighted by molar-refractivity contribution is -0.137. The molecule has 1 aliphatic rings. The van der Waals surface area contributed by atoms with E-state index in [4.69, 9.17) is 10.2 Å². The zero-order valence-corrected chi connectivity index (χ0v) is 8.40. The van der Waals surface area contributed by atoms with Gasteiger partial charge in [0.05, 0.1) is 25.2 Å². The average Bonchev–Trinajstić information content (AvgIpc) is 2.27. The van der Waals surface area contributed by atoms with Crippen molar-refractivity contribution in [3.63, 3.8) is 0 Å². The predicted molar refractivity (Wildman–Crippen MR) is 52.4 cm³/mol. The molecule has 1 aliphatic heterocycles. The van der Waals surface area contributed by atoms with Gasteiger partial charge in [0.25, 0.3) is 0 Å². The molecule has 2 N–H and O–H groups in total. The van der Waals surface area contributed by atoms with Crippen LogP contribution in [0.15, 0.2) is 12.1 Å². The number of hydrogen-bond acceptors (Lipinski definition) is 5. The first kappa shape index (κ1) is 10.8. The summed E-state index contributed by atoms with van der Waals surface area (Å²) in [5, 5.41) is 18.1. The molecule has 5 nitrogen and oxygen atoms in total. The van der Waals surface area contributed by atoms with Crippen LogP contribution in [0.25, 0.3) is 0 Å². The summed E-state index contributed by atoms with van der Waals surface area (Å²) in [6.45, 7) is -0.517. The summed E-state index contributed by atoms with van der Waals surface area (Å²) in [6.07, 6.45) is 0.0137. The van der Waals surface area contributed by atoms with Crippen LogP contribution in [0.1, 0.15) is 27.0 Å². The van der Waals surface area contributed by atoms with E-state index in [9.17, 15) is 9.59 Å². The van der Waals surface area contributed by atoms with E-state index >= 15 is 0 Å². The van der Waals surface area contributed by atoms with Crippen LogP contribution < -0.4 is 0 Å². The number of aliphatic hydroxyl groups excluding tert-OH is 2. The van der Waals surface area contributed by atoms with Gasteiger partial charge in [-0.1, -0.05) is 6.07 Å². The van der Waals surface area contributed by atoms with Crippen LogP contribution in [0.3, 0.4) is 0 Å². The molecule has 0 amide bonds. The Kier molecular flexibility index (Phi) is 2.72. The fraction of sp³-hybridized carbons (Fsp3) is 0.273. The Hall–Kier alpha value is -1.72. The van der Waals surface area contributed by atoms with Crippen LogP contribution in [0.4, 0.5) is 0 Å². The van der Waals surface area contributed by atoms with Crippen molar-refractivity contribution in [1.29, 1.82) is 0 Å². The number of rotatable bonds is 2. The molecule has 1 aromatic rings. The molecule has 0 aliphatic carbocycles. The Labute approximate surface area is 91.3 Å². The number of esters is 2. The van der Waals surface area contributed by atoms with Gasteiger partial charge in [0.2, 0.25) is 0 Å². The van der Waals surface area contributed by atoms with E-state index in [0.717, 1.165) is 0 Å². The molecule has 1 aromatic carbocycles. The molecule has 1 heterocycles. The van der Waals surface area contributed by atoms with Gasteiger partial charge in [-0.05, 0) is 22.8 Å². The van der Waals surface area contributed by atoms with E-state index in [1.807, 2.05) is 0 Å². The van der Waals surface area contributed by atoms with Crippen molar-refractivity contribution in [2.45, 2.75) is 19.6 Å². The average molecular weight is 222 g/mol. The summed E-state index contributed by atoms with van der Waals surface area (Å²) in [5.41, 5.74) is 1.79. The molecule has 0 bridgehead atoms. The van der Waals surface area contributed by atoms with Gasteiger partial charge in [0, 0.05) is 0 Å². The van der Waals surface area contributed by atoms with Crippen molar-refractivity contribution in [3.8, 4) is 0 Å². The van der Waals surface area contributed by atoms with Gasteiger partial charge in [-0.3, -0.25) is 4.79 Å². The van der Waals surface area contributed by atoms with E-state index in [-0.39, 0.29) is 25.2 Å². The summed E-state index contributed by atoms with van der Waals surface area (Å²) in [7, 11) is 0. The number of aliphatic hydroxyl groups is 2. The first-order valence-electron chi connectivity index (χ1n) is 4.77. The van der Waals surface area contributed by atoms with Crippen LogP contribution >= 0.6 is 0 Å². The zero-order chi connectivity index (χ0) is 11.7. The largest absolute Gasteiger partial charge is 0.392 e. The number of hydrogen-bond donors (Lipinski definition) is 2. The van der Waals surface area contributed by atoms with E-state index in [1.54, 1.807) is 6.07 Å². The third-order valence-electron chi connectivity index (χ3n) is 2.53. The molecular formula is C11H10O5. The van der Waals surface area contributed by atoms with Gasteiger partial charge in [0.15, 0.2) is 0 Å². The molecule has 2 rings (SSSR count). The minimum Gasteiger partial charge on any atom is -0.392 e. The lowest BCUT2D eigenvalue weighted by Crippen LogP contribution is -2.23. The van der Waals surface area contributed by atoms with E-state index in [2.05, 4.69) is 4.74 Å². The van der Waals surface area contributed by atoms with Crippen molar-refractivity contribution in [2.75, 3.05) is 0 Å². The smallest absolute Gasteiger partial charge is 0.346 e. The molecule has 0 atom stereocenters. The number of ether oxygens (including phenoxy) is 1. The number of cyclic esters (lactones) is 2. The highest BCUT2D eigenvalue weighted by Crippen LogP contribution is 2.22. The van der Waals surface area contributed by atoms with E-state index < -0.39 is 11.9 Å². The third kappa shape index (κ3) is 1.70. The Bertz CT molecular complexity index is 464. The maximum Gasteiger partial charge on any atom is 0.346 e. The Morgan fingerprint density at radius 3 is 2.38 bits per heavy atom. The molecule has 0 fully saturated rings. The van der Waals surface area contributed by atoms with Crippen LogP contribution in [0, 0.1) is 0 Å². The highest BCUT2D eigenvalue weighted by molar-refractivity contribution is 6.02. The first-order chi connectivity index (χ1) is 7.65. The second kappa shape index (κ2) is 4.03. The number of carbonyl (C=O) groups excluding carboxylic acids is 2. The quantitative estimate of drug-likeness (QED) is 0.539. The SMILES string of the molecule is O=C1Cc2cc(CO)c(CO)cc2C(=O)O1. The fourth-order valence-electron chi connectivity index (χ4n) is 1.72. The summed E-state index contributed by atoms with van der Waals surface area (Å²) >= 11 is 0. The maximum atomic E-state index is 11.4. The molecule has 0 unspecified atom stereocenters. The minimum absolute atomic E-state index is 0.0137. The summed E-state index contributed by atoms with van der Waals surface area (Å²) in [6, 6.07) is 3.01. The van der Waals surface area contributed by atoms with Gasteiger partial charge in [-0.15, -0.1) is 0 Å². The molecule has 5 heteroatoms. The van der Waals surface area contributed by atoms with E-state index in [1.165, 1.54) is 6.07 Å². The van der Waals surface area contributed by atoms with Crippen molar-refractivity contribution < 1.29 is 24.5 Å². The Morgan fingerprint density at radius 1 is 1.12 bits per heavy atom. The maximum absolute atomic E-state index is 11.4. The third-order valence-corrected chi connectivity index (χ3v) is 2.53. The Balaban J connectivity index is 2.56. The van der Waals surface area contributed by atoms with Crippen LogP contribution in [0.5, 0.6) is 0 Å². The van der Waals surface area contributed by atoms with Gasteiger partial charge in [-0.25, -0.2) is 4.79 Å². The van der Waals surface area contributed by atoms with Crippen molar-refractivity contribution in [2.24, 2.45) is 0 Å². The molecule has 0 saturated carbocycles. The van der Waals surface area contributed by atoms with Gasteiger partial charge in [0.1, 0.15) is 0 Å². The summed E-state index contributed by atoms with van der Waals surface area (Å²) in [5.74, 6) is -1.30. The molecule has 84 valence electrons. The van der Waals surface area contributed by atoms with Gasteiger partial charge in [-0.2, -0.15) is 0 Å². The Morgan fingerprint density at radius 2 is 1.75 bits per heavy atom. The highest BCUT2D eigenvalue weighted by Gasteiger charge is 2.25. The van der Waals surface area contributed by atoms with Crippen molar-refractivity contribution >= 4 is 11.9 Å². The predicted octanol–water partition coefficient (Wildman–Crippen LogP) is -0.0893. The standard InChI is InChI=1S/C11H10O5/c12-4-7-1-6-3-10(14)16-11(15)9(6)2-8(7)5-13/h1-2,12-13H,3-5H2. The summed E-state index contributed by atoms with van der Waals surface area (Å²) < 4.78 is 4.46. The van der Waals surface area contributed by atoms with Crippen molar-refractivity contribution in [1.82, 2.24) is 0 Å².